The predicted molar refractivity (Wildman–Crippen MR) is 157 cm³/mol. The van der Waals surface area contributed by atoms with Gasteiger partial charge in [0.25, 0.3) is 0 Å². The lowest BCUT2D eigenvalue weighted by molar-refractivity contribution is -0.143. The number of ketones is 1. The lowest BCUT2D eigenvalue weighted by Crippen LogP contribution is -2.35. The Kier molecular flexibility index (Phi) is 8.32. The van der Waals surface area contributed by atoms with Gasteiger partial charge in [0.15, 0.2) is 5.78 Å². The fourth-order valence-electron chi connectivity index (χ4n) is 4.74. The third-order valence-electron chi connectivity index (χ3n) is 6.95. The molecule has 5 rings (SSSR count). The van der Waals surface area contributed by atoms with Gasteiger partial charge in [0.1, 0.15) is 11.5 Å². The Labute approximate surface area is 239 Å². The molecular formula is C31H29N3O6S. The third-order valence-corrected chi connectivity index (χ3v) is 7.83. The fourth-order valence-corrected chi connectivity index (χ4v) is 5.50. The van der Waals surface area contributed by atoms with Gasteiger partial charge in [-0.2, -0.15) is 0 Å². The number of aromatic amines is 2. The number of aromatic hydroxyl groups is 1. The molecule has 0 aliphatic heterocycles. The largest absolute Gasteiger partial charge is 0.494 e. The smallest absolute Gasteiger partial charge is 0.307 e. The van der Waals surface area contributed by atoms with Crippen molar-refractivity contribution in [2.45, 2.75) is 31.7 Å². The highest BCUT2D eigenvalue weighted by Crippen LogP contribution is 2.26. The number of carboxylic acids is 1. The molecule has 5 aromatic rings. The minimum absolute atomic E-state index is 0.103. The number of Topliss-reactive ketones (excluding diaryl/α,β-unsaturated/α-hetero) is 1. The van der Waals surface area contributed by atoms with Crippen molar-refractivity contribution in [1.82, 2.24) is 9.97 Å². The van der Waals surface area contributed by atoms with Crippen molar-refractivity contribution in [3.63, 3.8) is 0 Å². The van der Waals surface area contributed by atoms with Gasteiger partial charge in [-0.1, -0.05) is 53.8 Å². The van der Waals surface area contributed by atoms with Gasteiger partial charge in [-0.05, 0) is 59.9 Å². The van der Waals surface area contributed by atoms with Crippen molar-refractivity contribution in [3.05, 3.63) is 110 Å². The number of rotatable bonds is 12. The predicted octanol–water partition coefficient (Wildman–Crippen LogP) is 4.78. The average molecular weight is 572 g/mol. The van der Waals surface area contributed by atoms with Crippen LogP contribution in [-0.2, 0) is 28.9 Å². The van der Waals surface area contributed by atoms with Gasteiger partial charge in [-0.15, -0.1) is 0 Å². The zero-order chi connectivity index (χ0) is 28.9. The van der Waals surface area contributed by atoms with Crippen LogP contribution < -0.4 is 15.3 Å². The van der Waals surface area contributed by atoms with Crippen LogP contribution in [0.1, 0.15) is 28.0 Å². The number of fused-ring (bicyclic) bond motifs is 1. The molecule has 0 radical (unpaired) electrons. The zero-order valence-electron chi connectivity index (χ0n) is 22.0. The van der Waals surface area contributed by atoms with Crippen molar-refractivity contribution in [2.75, 3.05) is 0 Å². The van der Waals surface area contributed by atoms with Crippen LogP contribution >= 0.6 is 11.3 Å². The molecule has 41 heavy (non-hydrogen) atoms. The number of nitrogens with two attached hydrogens (primary N) is 1. The number of benzene rings is 3. The van der Waals surface area contributed by atoms with Crippen LogP contribution in [0.25, 0.3) is 10.9 Å². The number of aromatic nitrogens is 2. The summed E-state index contributed by atoms with van der Waals surface area (Å²) in [6.45, 7) is 0. The molecule has 0 aliphatic rings. The van der Waals surface area contributed by atoms with Crippen molar-refractivity contribution < 1.29 is 24.5 Å². The lowest BCUT2D eigenvalue weighted by atomic mass is 9.90. The van der Waals surface area contributed by atoms with Crippen molar-refractivity contribution in [2.24, 2.45) is 11.7 Å². The molecule has 2 atom stereocenters. The van der Waals surface area contributed by atoms with E-state index in [-0.39, 0.29) is 35.8 Å². The van der Waals surface area contributed by atoms with E-state index in [1.165, 1.54) is 0 Å². The maximum absolute atomic E-state index is 12.9. The molecule has 0 aliphatic carbocycles. The maximum Gasteiger partial charge on any atom is 0.307 e. The number of carbonyl (C=O) groups is 2. The molecule has 3 aromatic carbocycles. The highest BCUT2D eigenvalue weighted by atomic mass is 32.1. The van der Waals surface area contributed by atoms with Gasteiger partial charge in [0.2, 0.25) is 5.88 Å². The van der Waals surface area contributed by atoms with Gasteiger partial charge in [-0.25, -0.2) is 0 Å². The van der Waals surface area contributed by atoms with E-state index in [4.69, 9.17) is 10.5 Å². The highest BCUT2D eigenvalue weighted by molar-refractivity contribution is 7.09. The van der Waals surface area contributed by atoms with Crippen LogP contribution in [-0.4, -0.2) is 38.0 Å². The van der Waals surface area contributed by atoms with E-state index in [2.05, 4.69) is 9.97 Å². The molecule has 0 amide bonds. The van der Waals surface area contributed by atoms with E-state index in [0.29, 0.717) is 22.8 Å². The fraction of sp³-hybridized carbons (Fsp3) is 0.194. The van der Waals surface area contributed by atoms with E-state index in [0.717, 1.165) is 38.9 Å². The van der Waals surface area contributed by atoms with E-state index >= 15 is 0 Å². The number of carbonyl (C=O) groups excluding carboxylic acids is 1. The molecule has 0 saturated heterocycles. The lowest BCUT2D eigenvalue weighted by Gasteiger charge is -2.15. The van der Waals surface area contributed by atoms with Crippen molar-refractivity contribution in [1.29, 1.82) is 0 Å². The van der Waals surface area contributed by atoms with Crippen molar-refractivity contribution in [3.8, 4) is 17.4 Å². The summed E-state index contributed by atoms with van der Waals surface area (Å²) in [6.07, 6.45) is 2.60. The zero-order valence-corrected chi connectivity index (χ0v) is 22.8. The SMILES string of the molecule is NC(Cc1ccc(Oc2ccc(Cc3sc(=O)[nH]c3O)cc2)cc1)C(=O)CC(Cc1c[nH]c2ccccc12)C(=O)O. The minimum Gasteiger partial charge on any atom is -0.494 e. The van der Waals surface area contributed by atoms with Gasteiger partial charge in [-0.3, -0.25) is 19.4 Å². The van der Waals surface area contributed by atoms with Gasteiger partial charge in [0.05, 0.1) is 16.8 Å². The molecule has 0 bridgehead atoms. The summed E-state index contributed by atoms with van der Waals surface area (Å²) < 4.78 is 5.91. The Morgan fingerprint density at radius 3 is 2.22 bits per heavy atom. The standard InChI is InChI=1S/C31H29N3O6S/c32-25(27(35)16-20(30(37)38)15-21-17-33-26-4-2-1-3-24(21)26)13-18-5-9-22(10-6-18)40-23-11-7-19(8-12-23)14-28-29(36)34-31(39)41-28/h1-12,17,20,25,33,36H,13-16,32H2,(H,34,39)(H,37,38). The van der Waals surface area contributed by atoms with E-state index in [9.17, 15) is 24.6 Å². The normalized spacial score (nSPS) is 12.7. The van der Waals surface area contributed by atoms with Crippen LogP contribution in [0, 0.1) is 5.92 Å². The molecule has 2 unspecified atom stereocenters. The number of ether oxygens (including phenoxy) is 1. The number of thiazole rings is 1. The van der Waals surface area contributed by atoms with Crippen LogP contribution in [0.15, 0.2) is 83.8 Å². The average Bonchev–Trinajstić information content (AvgIpc) is 3.51. The number of hydrogen-bond acceptors (Lipinski definition) is 7. The molecule has 0 fully saturated rings. The van der Waals surface area contributed by atoms with Crippen LogP contribution in [0.4, 0.5) is 0 Å². The number of para-hydroxylation sites is 1. The first-order valence-electron chi connectivity index (χ1n) is 13.1. The molecule has 6 N–H and O–H groups in total. The second-order valence-corrected chi connectivity index (χ2v) is 11.0. The van der Waals surface area contributed by atoms with Gasteiger partial charge in [0, 0.05) is 29.9 Å². The first-order chi connectivity index (χ1) is 19.7. The molecule has 2 aromatic heterocycles. The van der Waals surface area contributed by atoms with Crippen LogP contribution in [0.3, 0.4) is 0 Å². The van der Waals surface area contributed by atoms with Gasteiger partial charge >= 0.3 is 10.8 Å². The van der Waals surface area contributed by atoms with E-state index < -0.39 is 17.9 Å². The third kappa shape index (κ3) is 6.92. The van der Waals surface area contributed by atoms with E-state index in [1.54, 1.807) is 30.5 Å². The minimum atomic E-state index is -1.02. The molecule has 2 heterocycles. The first kappa shape index (κ1) is 27.9. The summed E-state index contributed by atoms with van der Waals surface area (Å²) in [5.41, 5.74) is 9.73. The van der Waals surface area contributed by atoms with Crippen LogP contribution in [0.2, 0.25) is 0 Å². The van der Waals surface area contributed by atoms with Crippen LogP contribution in [0.5, 0.6) is 17.4 Å². The molecule has 210 valence electrons. The summed E-state index contributed by atoms with van der Waals surface area (Å²) in [6, 6.07) is 21.4. The van der Waals surface area contributed by atoms with Gasteiger partial charge < -0.3 is 25.7 Å². The number of nitrogens with one attached hydrogen (secondary N) is 2. The topological polar surface area (TPSA) is 158 Å². The van der Waals surface area contributed by atoms with Crippen molar-refractivity contribution >= 4 is 34.0 Å². The summed E-state index contributed by atoms with van der Waals surface area (Å²) in [5.74, 6) is -1.06. The highest BCUT2D eigenvalue weighted by Gasteiger charge is 2.26. The molecule has 10 heteroatoms. The Balaban J connectivity index is 1.14. The number of carboxylic acid groups (broad SMARTS) is 1. The number of H-pyrrole nitrogens is 2. The summed E-state index contributed by atoms with van der Waals surface area (Å²) in [5, 5.41) is 20.5. The number of hydrogen-bond donors (Lipinski definition) is 5. The molecule has 9 nitrogen and oxygen atoms in total. The number of aliphatic carboxylic acids is 1. The Morgan fingerprint density at radius 1 is 0.927 bits per heavy atom. The first-order valence-corrected chi connectivity index (χ1v) is 13.9. The maximum atomic E-state index is 12.9. The Bertz CT molecular complexity index is 1720. The molecule has 0 spiro atoms. The summed E-state index contributed by atoms with van der Waals surface area (Å²) in [7, 11) is 0. The monoisotopic (exact) mass is 571 g/mol. The van der Waals surface area contributed by atoms with E-state index in [1.807, 2.05) is 48.5 Å². The second-order valence-electron chi connectivity index (χ2n) is 9.93. The molecular weight excluding hydrogens is 542 g/mol. The summed E-state index contributed by atoms with van der Waals surface area (Å²) in [4.78, 5) is 42.0. The summed E-state index contributed by atoms with van der Waals surface area (Å²) >= 11 is 0.978. The second kappa shape index (κ2) is 12.2. The Morgan fingerprint density at radius 2 is 1.59 bits per heavy atom. The Hall–Kier alpha value is -4.67. The molecule has 0 saturated carbocycles. The quantitative estimate of drug-likeness (QED) is 0.144.